The maximum atomic E-state index is 12.1. The molecule has 0 aliphatic rings. The van der Waals surface area contributed by atoms with Crippen molar-refractivity contribution in [1.29, 1.82) is 0 Å². The zero-order valence-electron chi connectivity index (χ0n) is 9.84. The van der Waals surface area contributed by atoms with E-state index in [4.69, 9.17) is 9.52 Å². The van der Waals surface area contributed by atoms with E-state index in [1.54, 1.807) is 18.2 Å². The average Bonchev–Trinajstić information content (AvgIpc) is 2.89. The van der Waals surface area contributed by atoms with Crippen molar-refractivity contribution in [3.63, 3.8) is 0 Å². The Morgan fingerprint density at radius 2 is 2.05 bits per heavy atom. The zero-order valence-corrected chi connectivity index (χ0v) is 12.2. The molecule has 1 aromatic carbocycles. The van der Waals surface area contributed by atoms with E-state index in [-0.39, 0.29) is 18.0 Å². The molecule has 0 bridgehead atoms. The molecule has 1 aromatic heterocycles. The van der Waals surface area contributed by atoms with E-state index in [0.717, 1.165) is 5.56 Å². The van der Waals surface area contributed by atoms with Gasteiger partial charge in [-0.3, -0.25) is 0 Å². The van der Waals surface area contributed by atoms with E-state index >= 15 is 0 Å². The lowest BCUT2D eigenvalue weighted by Gasteiger charge is -2.08. The van der Waals surface area contributed by atoms with Gasteiger partial charge in [0, 0.05) is 16.6 Å². The fraction of sp³-hybridized carbons (Fsp3) is 0.167. The number of nitrogens with one attached hydrogen (secondary N) is 1. The number of halogens is 1. The number of hydrogen-bond acceptors (Lipinski definition) is 4. The molecule has 1 heterocycles. The van der Waals surface area contributed by atoms with Gasteiger partial charge in [0.25, 0.3) is 0 Å². The topological polar surface area (TPSA) is 79.5 Å². The smallest absolute Gasteiger partial charge is 0.241 e. The van der Waals surface area contributed by atoms with Crippen LogP contribution in [0.3, 0.4) is 0 Å². The summed E-state index contributed by atoms with van der Waals surface area (Å²) in [5.74, 6) is 0. The Labute approximate surface area is 119 Å². The van der Waals surface area contributed by atoms with E-state index in [1.807, 2.05) is 0 Å². The maximum Gasteiger partial charge on any atom is 0.241 e. The van der Waals surface area contributed by atoms with Gasteiger partial charge in [0.1, 0.15) is 0 Å². The number of furan rings is 1. The Morgan fingerprint density at radius 1 is 1.26 bits per heavy atom. The highest BCUT2D eigenvalue weighted by Gasteiger charge is 2.17. The van der Waals surface area contributed by atoms with Crippen LogP contribution in [-0.4, -0.2) is 13.5 Å². The number of aliphatic hydroxyl groups is 1. The third-order valence-electron chi connectivity index (χ3n) is 2.51. The quantitative estimate of drug-likeness (QED) is 0.868. The van der Waals surface area contributed by atoms with Gasteiger partial charge in [0.2, 0.25) is 10.0 Å². The summed E-state index contributed by atoms with van der Waals surface area (Å²) in [5, 5.41) is 8.99. The van der Waals surface area contributed by atoms with Gasteiger partial charge < -0.3 is 9.52 Å². The second kappa shape index (κ2) is 5.87. The van der Waals surface area contributed by atoms with Crippen LogP contribution in [0.1, 0.15) is 11.1 Å². The summed E-state index contributed by atoms with van der Waals surface area (Å²) >= 11 is 3.19. The Morgan fingerprint density at radius 3 is 2.63 bits per heavy atom. The monoisotopic (exact) mass is 345 g/mol. The van der Waals surface area contributed by atoms with E-state index < -0.39 is 10.0 Å². The first-order valence-electron chi connectivity index (χ1n) is 5.43. The molecule has 5 nitrogen and oxygen atoms in total. The molecule has 0 amide bonds. The minimum atomic E-state index is -3.61. The van der Waals surface area contributed by atoms with Crippen LogP contribution >= 0.6 is 15.9 Å². The van der Waals surface area contributed by atoms with Crippen LogP contribution < -0.4 is 4.72 Å². The van der Waals surface area contributed by atoms with Gasteiger partial charge in [-0.2, -0.15) is 0 Å². The molecule has 102 valence electrons. The summed E-state index contributed by atoms with van der Waals surface area (Å²) in [4.78, 5) is 0.133. The number of hydrogen-bond donors (Lipinski definition) is 2. The van der Waals surface area contributed by atoms with Crippen LogP contribution in [0, 0.1) is 0 Å². The van der Waals surface area contributed by atoms with Gasteiger partial charge in [0.05, 0.1) is 24.0 Å². The molecule has 2 rings (SSSR count). The Kier molecular flexibility index (Phi) is 4.41. The predicted molar refractivity (Wildman–Crippen MR) is 72.8 cm³/mol. The standard InChI is InChI=1S/C12H12BrNO4S/c13-11-5-9(7-15)1-2-12(11)19(16,17)14-6-10-3-4-18-8-10/h1-5,8,14-15H,6-7H2. The third-order valence-corrected chi connectivity index (χ3v) is 4.89. The average molecular weight is 346 g/mol. The predicted octanol–water partition coefficient (Wildman–Crippen LogP) is 2.01. The van der Waals surface area contributed by atoms with Crippen LogP contribution in [-0.2, 0) is 23.2 Å². The van der Waals surface area contributed by atoms with E-state index in [1.165, 1.54) is 18.6 Å². The maximum absolute atomic E-state index is 12.1. The molecule has 2 N–H and O–H groups in total. The van der Waals surface area contributed by atoms with Crippen molar-refractivity contribution in [3.05, 3.63) is 52.4 Å². The van der Waals surface area contributed by atoms with Gasteiger partial charge in [-0.25, -0.2) is 13.1 Å². The molecule has 0 fully saturated rings. The molecule has 2 aromatic rings. The van der Waals surface area contributed by atoms with Crippen molar-refractivity contribution in [3.8, 4) is 0 Å². The van der Waals surface area contributed by atoms with Crippen molar-refractivity contribution < 1.29 is 17.9 Å². The molecule has 19 heavy (non-hydrogen) atoms. The lowest BCUT2D eigenvalue weighted by Crippen LogP contribution is -2.23. The molecule has 0 saturated heterocycles. The summed E-state index contributed by atoms with van der Waals surface area (Å²) in [6.45, 7) is 0.0222. The highest BCUT2D eigenvalue weighted by Crippen LogP contribution is 2.23. The first kappa shape index (κ1) is 14.3. The van der Waals surface area contributed by atoms with Gasteiger partial charge >= 0.3 is 0 Å². The van der Waals surface area contributed by atoms with Crippen LogP contribution in [0.5, 0.6) is 0 Å². The highest BCUT2D eigenvalue weighted by atomic mass is 79.9. The van der Waals surface area contributed by atoms with Crippen LogP contribution in [0.25, 0.3) is 0 Å². The van der Waals surface area contributed by atoms with Gasteiger partial charge in [-0.15, -0.1) is 0 Å². The molecule has 0 unspecified atom stereocenters. The largest absolute Gasteiger partial charge is 0.472 e. The van der Waals surface area contributed by atoms with E-state index in [0.29, 0.717) is 10.0 Å². The van der Waals surface area contributed by atoms with Crippen molar-refractivity contribution in [1.82, 2.24) is 4.72 Å². The van der Waals surface area contributed by atoms with Crippen molar-refractivity contribution in [2.24, 2.45) is 0 Å². The summed E-state index contributed by atoms with van der Waals surface area (Å²) in [6.07, 6.45) is 2.96. The number of sulfonamides is 1. The Bertz CT molecular complexity index is 652. The molecule has 0 spiro atoms. The third kappa shape index (κ3) is 3.44. The summed E-state index contributed by atoms with van der Waals surface area (Å²) < 4.78 is 32.0. The van der Waals surface area contributed by atoms with Crippen molar-refractivity contribution in [2.75, 3.05) is 0 Å². The molecule has 0 aliphatic carbocycles. The minimum absolute atomic E-state index is 0.133. The molecule has 0 atom stereocenters. The van der Waals surface area contributed by atoms with Gasteiger partial charge in [0.15, 0.2) is 0 Å². The normalized spacial score (nSPS) is 11.7. The van der Waals surface area contributed by atoms with Gasteiger partial charge in [-0.05, 0) is 39.7 Å². The summed E-state index contributed by atoms with van der Waals surface area (Å²) in [6, 6.07) is 6.28. The highest BCUT2D eigenvalue weighted by molar-refractivity contribution is 9.10. The van der Waals surface area contributed by atoms with Gasteiger partial charge in [-0.1, -0.05) is 6.07 Å². The molecular formula is C12H12BrNO4S. The fourth-order valence-corrected chi connectivity index (χ4v) is 3.65. The van der Waals surface area contributed by atoms with E-state index in [2.05, 4.69) is 20.7 Å². The molecule has 0 saturated carbocycles. The lowest BCUT2D eigenvalue weighted by atomic mass is 10.2. The molecular weight excluding hydrogens is 334 g/mol. The Balaban J connectivity index is 2.19. The fourth-order valence-electron chi connectivity index (χ4n) is 1.51. The second-order valence-electron chi connectivity index (χ2n) is 3.88. The van der Waals surface area contributed by atoms with Crippen LogP contribution in [0.2, 0.25) is 0 Å². The van der Waals surface area contributed by atoms with Crippen molar-refractivity contribution in [2.45, 2.75) is 18.0 Å². The molecule has 0 aliphatic heterocycles. The van der Waals surface area contributed by atoms with Crippen molar-refractivity contribution >= 4 is 26.0 Å². The summed E-state index contributed by atoms with van der Waals surface area (Å²) in [7, 11) is -3.61. The number of benzene rings is 1. The molecule has 7 heteroatoms. The zero-order chi connectivity index (χ0) is 13.9. The number of aliphatic hydroxyl groups excluding tert-OH is 1. The lowest BCUT2D eigenvalue weighted by molar-refractivity contribution is 0.281. The minimum Gasteiger partial charge on any atom is -0.472 e. The molecule has 0 radical (unpaired) electrons. The SMILES string of the molecule is O=S(=O)(NCc1ccoc1)c1ccc(CO)cc1Br. The number of rotatable bonds is 5. The van der Waals surface area contributed by atoms with Crippen LogP contribution in [0.4, 0.5) is 0 Å². The Hall–Kier alpha value is -1.15. The second-order valence-corrected chi connectivity index (χ2v) is 6.47. The summed E-state index contributed by atoms with van der Waals surface area (Å²) in [5.41, 5.74) is 1.38. The van der Waals surface area contributed by atoms with Crippen LogP contribution in [0.15, 0.2) is 50.6 Å². The first-order chi connectivity index (χ1) is 9.03. The first-order valence-corrected chi connectivity index (χ1v) is 7.70. The van der Waals surface area contributed by atoms with E-state index in [9.17, 15) is 8.42 Å².